The minimum absolute atomic E-state index is 0.260. The van der Waals surface area contributed by atoms with Crippen molar-refractivity contribution < 1.29 is 9.90 Å². The maximum Gasteiger partial charge on any atom is 0.252 e. The van der Waals surface area contributed by atoms with Crippen molar-refractivity contribution in [2.45, 2.75) is 24.9 Å². The summed E-state index contributed by atoms with van der Waals surface area (Å²) >= 11 is 13.9. The van der Waals surface area contributed by atoms with E-state index in [1.165, 1.54) is 0 Å². The lowest BCUT2D eigenvalue weighted by atomic mass is 9.80. The normalized spacial score (nSPS) is 17.1. The fraction of sp³-hybridized carbons (Fsp3) is 0.417. The minimum Gasteiger partial charge on any atom is -0.388 e. The van der Waals surface area contributed by atoms with E-state index in [9.17, 15) is 9.90 Å². The summed E-state index contributed by atoms with van der Waals surface area (Å²) in [6.07, 6.45) is 2.48. The third-order valence-electron chi connectivity index (χ3n) is 3.10. The molecule has 0 bridgehead atoms. The highest BCUT2D eigenvalue weighted by Crippen LogP contribution is 2.31. The highest BCUT2D eigenvalue weighted by molar-refractivity contribution is 14.1. The summed E-state index contributed by atoms with van der Waals surface area (Å²) in [7, 11) is 0. The van der Waals surface area contributed by atoms with Gasteiger partial charge in [-0.3, -0.25) is 4.79 Å². The predicted molar refractivity (Wildman–Crippen MR) is 80.3 cm³/mol. The van der Waals surface area contributed by atoms with Gasteiger partial charge in [0.15, 0.2) is 0 Å². The van der Waals surface area contributed by atoms with Crippen molar-refractivity contribution in [3.63, 3.8) is 0 Å². The summed E-state index contributed by atoms with van der Waals surface area (Å²) in [4.78, 5) is 12.0. The molecule has 1 amide bonds. The maximum atomic E-state index is 12.0. The second kappa shape index (κ2) is 5.53. The second-order valence-electron chi connectivity index (χ2n) is 4.51. The van der Waals surface area contributed by atoms with E-state index in [2.05, 4.69) is 5.32 Å². The fourth-order valence-electron chi connectivity index (χ4n) is 1.82. The van der Waals surface area contributed by atoms with Crippen molar-refractivity contribution in [2.75, 3.05) is 6.54 Å². The molecule has 1 aliphatic carbocycles. The molecule has 1 aliphatic rings. The number of hydrogen-bond donors (Lipinski definition) is 2. The molecule has 3 nitrogen and oxygen atoms in total. The first kappa shape index (κ1) is 14.4. The van der Waals surface area contributed by atoms with Crippen LogP contribution in [0, 0.1) is 3.57 Å². The number of halogens is 3. The molecule has 0 heterocycles. The molecule has 6 heteroatoms. The molecular weight excluding hydrogens is 388 g/mol. The summed E-state index contributed by atoms with van der Waals surface area (Å²) < 4.78 is 0.664. The Bertz CT molecular complexity index is 489. The molecule has 18 heavy (non-hydrogen) atoms. The van der Waals surface area contributed by atoms with Gasteiger partial charge < -0.3 is 10.4 Å². The summed E-state index contributed by atoms with van der Waals surface area (Å²) in [5.74, 6) is -0.260. The van der Waals surface area contributed by atoms with Crippen LogP contribution >= 0.6 is 45.8 Å². The first-order valence-corrected chi connectivity index (χ1v) is 7.40. The quantitative estimate of drug-likeness (QED) is 0.605. The van der Waals surface area contributed by atoms with E-state index in [1.807, 2.05) is 22.6 Å². The van der Waals surface area contributed by atoms with Crippen molar-refractivity contribution in [3.8, 4) is 0 Å². The summed E-state index contributed by atoms with van der Waals surface area (Å²) in [6, 6.07) is 3.18. The monoisotopic (exact) mass is 399 g/mol. The lowest BCUT2D eigenvalue weighted by molar-refractivity contribution is -0.0300. The highest BCUT2D eigenvalue weighted by Gasteiger charge is 2.34. The second-order valence-corrected chi connectivity index (χ2v) is 6.43. The molecule has 0 unspecified atom stereocenters. The van der Waals surface area contributed by atoms with Crippen LogP contribution < -0.4 is 5.32 Å². The fourth-order valence-corrected chi connectivity index (χ4v) is 2.87. The van der Waals surface area contributed by atoms with Crippen molar-refractivity contribution in [1.82, 2.24) is 5.32 Å². The van der Waals surface area contributed by atoms with Gasteiger partial charge in [-0.1, -0.05) is 23.2 Å². The molecule has 1 saturated carbocycles. The molecule has 0 spiro atoms. The number of nitrogens with one attached hydrogen (secondary N) is 1. The summed E-state index contributed by atoms with van der Waals surface area (Å²) in [5, 5.41) is 13.5. The van der Waals surface area contributed by atoms with E-state index < -0.39 is 5.60 Å². The first-order chi connectivity index (χ1) is 8.41. The van der Waals surface area contributed by atoms with E-state index in [0.717, 1.165) is 19.3 Å². The lowest BCUT2D eigenvalue weighted by Crippen LogP contribution is -2.47. The smallest absolute Gasteiger partial charge is 0.252 e. The van der Waals surface area contributed by atoms with Crippen LogP contribution in [0.5, 0.6) is 0 Å². The van der Waals surface area contributed by atoms with E-state index >= 15 is 0 Å². The van der Waals surface area contributed by atoms with Crippen molar-refractivity contribution in [1.29, 1.82) is 0 Å². The van der Waals surface area contributed by atoms with Gasteiger partial charge in [0.05, 0.1) is 16.2 Å². The van der Waals surface area contributed by atoms with Crippen LogP contribution in [0.4, 0.5) is 0 Å². The molecule has 1 fully saturated rings. The predicted octanol–water partition coefficient (Wildman–Crippen LogP) is 3.24. The molecular formula is C12H12Cl2INO2. The molecule has 0 saturated heterocycles. The number of hydrogen-bond acceptors (Lipinski definition) is 2. The zero-order chi connectivity index (χ0) is 13.3. The zero-order valence-electron chi connectivity index (χ0n) is 9.47. The van der Waals surface area contributed by atoms with Crippen LogP contribution in [0.15, 0.2) is 12.1 Å². The molecule has 2 N–H and O–H groups in total. The van der Waals surface area contributed by atoms with Crippen LogP contribution in [-0.4, -0.2) is 23.2 Å². The lowest BCUT2D eigenvalue weighted by Gasteiger charge is -2.36. The minimum atomic E-state index is -0.733. The third-order valence-corrected chi connectivity index (χ3v) is 5.10. The molecule has 1 aromatic carbocycles. The SMILES string of the molecule is O=C(NCC1(O)CCC1)c1cc(Cl)cc(Cl)c1I. The van der Waals surface area contributed by atoms with E-state index in [1.54, 1.807) is 12.1 Å². The Morgan fingerprint density at radius 3 is 2.67 bits per heavy atom. The van der Waals surface area contributed by atoms with Gasteiger partial charge >= 0.3 is 0 Å². The van der Waals surface area contributed by atoms with Gasteiger partial charge in [-0.2, -0.15) is 0 Å². The molecule has 0 atom stereocenters. The van der Waals surface area contributed by atoms with Gasteiger partial charge in [-0.15, -0.1) is 0 Å². The molecule has 0 aliphatic heterocycles. The third kappa shape index (κ3) is 3.10. The number of carbonyl (C=O) groups excluding carboxylic acids is 1. The average molecular weight is 400 g/mol. The number of rotatable bonds is 3. The van der Waals surface area contributed by atoms with Crippen LogP contribution in [0.1, 0.15) is 29.6 Å². The Labute approximate surface area is 129 Å². The van der Waals surface area contributed by atoms with Gasteiger partial charge in [0.25, 0.3) is 5.91 Å². The Morgan fingerprint density at radius 2 is 2.11 bits per heavy atom. The summed E-state index contributed by atoms with van der Waals surface area (Å²) in [5.41, 5.74) is -0.292. The number of aliphatic hydroxyl groups is 1. The number of benzene rings is 1. The Hall–Kier alpha value is -0.0400. The Kier molecular flexibility index (Phi) is 4.41. The number of amides is 1. The van der Waals surface area contributed by atoms with Gasteiger partial charge in [-0.05, 0) is 54.0 Å². The van der Waals surface area contributed by atoms with Gasteiger partial charge in [-0.25, -0.2) is 0 Å². The zero-order valence-corrected chi connectivity index (χ0v) is 13.1. The Morgan fingerprint density at radius 1 is 1.44 bits per heavy atom. The van der Waals surface area contributed by atoms with Crippen molar-refractivity contribution in [3.05, 3.63) is 31.3 Å². The van der Waals surface area contributed by atoms with Crippen molar-refractivity contribution in [2.24, 2.45) is 0 Å². The van der Waals surface area contributed by atoms with E-state index in [0.29, 0.717) is 19.2 Å². The molecule has 2 rings (SSSR count). The van der Waals surface area contributed by atoms with Crippen LogP contribution in [0.25, 0.3) is 0 Å². The standard InChI is InChI=1S/C12H12Cl2INO2/c13-7-4-8(10(15)9(14)5-7)11(17)16-6-12(18)2-1-3-12/h4-5,18H,1-3,6H2,(H,16,17). The Balaban J connectivity index is 2.09. The van der Waals surface area contributed by atoms with Gasteiger partial charge in [0, 0.05) is 15.1 Å². The first-order valence-electron chi connectivity index (χ1n) is 5.56. The van der Waals surface area contributed by atoms with Crippen LogP contribution in [0.3, 0.4) is 0 Å². The van der Waals surface area contributed by atoms with E-state index in [-0.39, 0.29) is 12.5 Å². The van der Waals surface area contributed by atoms with Crippen LogP contribution in [0.2, 0.25) is 10.0 Å². The maximum absolute atomic E-state index is 12.0. The summed E-state index contributed by atoms with van der Waals surface area (Å²) in [6.45, 7) is 0.270. The van der Waals surface area contributed by atoms with Gasteiger partial charge in [0.1, 0.15) is 0 Å². The molecule has 0 aromatic heterocycles. The van der Waals surface area contributed by atoms with Gasteiger partial charge in [0.2, 0.25) is 0 Å². The van der Waals surface area contributed by atoms with E-state index in [4.69, 9.17) is 23.2 Å². The molecule has 98 valence electrons. The highest BCUT2D eigenvalue weighted by atomic mass is 127. The number of carbonyl (C=O) groups is 1. The van der Waals surface area contributed by atoms with Crippen LogP contribution in [-0.2, 0) is 0 Å². The molecule has 1 aromatic rings. The topological polar surface area (TPSA) is 49.3 Å². The van der Waals surface area contributed by atoms with Crippen molar-refractivity contribution >= 4 is 51.7 Å². The largest absolute Gasteiger partial charge is 0.388 e. The molecule has 0 radical (unpaired) electrons. The average Bonchev–Trinajstić information content (AvgIpc) is 2.28.